The van der Waals surface area contributed by atoms with Crippen LogP contribution in [0.3, 0.4) is 0 Å². The van der Waals surface area contributed by atoms with Gasteiger partial charge in [-0.25, -0.2) is 4.79 Å². The first-order valence-corrected chi connectivity index (χ1v) is 6.37. The number of likely N-dealkylation sites (N-methyl/N-ethyl adjacent to an activating group) is 2. The Morgan fingerprint density at radius 2 is 2.29 bits per heavy atom. The van der Waals surface area contributed by atoms with Crippen molar-refractivity contribution in [3.8, 4) is 0 Å². The summed E-state index contributed by atoms with van der Waals surface area (Å²) in [5.41, 5.74) is 0.940. The normalized spacial score (nSPS) is 20.2. The van der Waals surface area contributed by atoms with Gasteiger partial charge in [0.1, 0.15) is 0 Å². The van der Waals surface area contributed by atoms with Crippen molar-refractivity contribution < 1.29 is 4.79 Å². The molecule has 4 nitrogen and oxygen atoms in total. The first-order valence-electron chi connectivity index (χ1n) is 5.58. The van der Waals surface area contributed by atoms with Crippen LogP contribution in [0.5, 0.6) is 0 Å². The van der Waals surface area contributed by atoms with Crippen LogP contribution in [-0.4, -0.2) is 44.2 Å². The zero-order valence-corrected chi connectivity index (χ0v) is 11.6. The second-order valence-electron chi connectivity index (χ2n) is 4.20. The highest BCUT2D eigenvalue weighted by molar-refractivity contribution is 9.10. The fraction of sp³-hybridized carbons (Fsp3) is 0.417. The van der Waals surface area contributed by atoms with Crippen LogP contribution in [0.25, 0.3) is 0 Å². The van der Waals surface area contributed by atoms with E-state index in [4.69, 9.17) is 0 Å². The highest BCUT2D eigenvalue weighted by atomic mass is 79.9. The molecule has 17 heavy (non-hydrogen) atoms. The molecule has 0 aliphatic carbocycles. The Kier molecular flexibility index (Phi) is 3.69. The van der Waals surface area contributed by atoms with Crippen molar-refractivity contribution in [1.29, 1.82) is 0 Å². The van der Waals surface area contributed by atoms with E-state index in [0.29, 0.717) is 0 Å². The van der Waals surface area contributed by atoms with Gasteiger partial charge in [-0.05, 0) is 25.2 Å². The van der Waals surface area contributed by atoms with Crippen molar-refractivity contribution in [3.63, 3.8) is 0 Å². The molecule has 0 bridgehead atoms. The highest BCUT2D eigenvalue weighted by Crippen LogP contribution is 2.25. The molecule has 1 fully saturated rings. The largest absolute Gasteiger partial charge is 0.324 e. The van der Waals surface area contributed by atoms with E-state index >= 15 is 0 Å². The fourth-order valence-electron chi connectivity index (χ4n) is 2.05. The predicted molar refractivity (Wildman–Crippen MR) is 72.4 cm³/mol. The van der Waals surface area contributed by atoms with Crippen molar-refractivity contribution in [2.75, 3.05) is 32.1 Å². The van der Waals surface area contributed by atoms with Gasteiger partial charge in [0.05, 0.1) is 6.04 Å². The van der Waals surface area contributed by atoms with Gasteiger partial charge in [0, 0.05) is 30.3 Å². The molecule has 0 saturated carbocycles. The standard InChI is InChI=1S/C12H16BrN3O/c1-14-7-11-8-16(12(17)15(11)2)10-5-3-4-9(13)6-10/h3-6,11,14H,7-8H2,1-2H3. The Hall–Kier alpha value is -1.07. The summed E-state index contributed by atoms with van der Waals surface area (Å²) in [6.45, 7) is 1.54. The average molecular weight is 298 g/mol. The quantitative estimate of drug-likeness (QED) is 0.925. The zero-order valence-electron chi connectivity index (χ0n) is 9.98. The first kappa shape index (κ1) is 12.4. The summed E-state index contributed by atoms with van der Waals surface area (Å²) in [7, 11) is 3.75. The molecule has 2 amide bonds. The number of anilines is 1. The van der Waals surface area contributed by atoms with Crippen LogP contribution in [0.2, 0.25) is 0 Å². The maximum Gasteiger partial charge on any atom is 0.324 e. The van der Waals surface area contributed by atoms with E-state index in [0.717, 1.165) is 23.2 Å². The number of nitrogens with zero attached hydrogens (tertiary/aromatic N) is 2. The molecule has 5 heteroatoms. The van der Waals surface area contributed by atoms with Crippen molar-refractivity contribution in [1.82, 2.24) is 10.2 Å². The van der Waals surface area contributed by atoms with Crippen molar-refractivity contribution in [2.24, 2.45) is 0 Å². The molecule has 2 rings (SSSR count). The van der Waals surface area contributed by atoms with E-state index in [1.165, 1.54) is 0 Å². The third kappa shape index (κ3) is 2.45. The number of rotatable bonds is 3. The molecule has 1 aromatic rings. The number of carbonyl (C=O) groups is 1. The average Bonchev–Trinajstić information content (AvgIpc) is 2.58. The van der Waals surface area contributed by atoms with Gasteiger partial charge in [0.15, 0.2) is 0 Å². The first-order chi connectivity index (χ1) is 8.13. The lowest BCUT2D eigenvalue weighted by molar-refractivity contribution is 0.218. The molecular weight excluding hydrogens is 282 g/mol. The molecular formula is C12H16BrN3O. The number of halogens is 1. The topological polar surface area (TPSA) is 35.6 Å². The van der Waals surface area contributed by atoms with E-state index in [1.54, 1.807) is 4.90 Å². The molecule has 92 valence electrons. The third-order valence-electron chi connectivity index (χ3n) is 3.03. The lowest BCUT2D eigenvalue weighted by atomic mass is 10.2. The third-order valence-corrected chi connectivity index (χ3v) is 3.53. The van der Waals surface area contributed by atoms with Gasteiger partial charge in [-0.1, -0.05) is 22.0 Å². The fourth-order valence-corrected chi connectivity index (χ4v) is 2.44. The summed E-state index contributed by atoms with van der Waals surface area (Å²) in [5, 5.41) is 3.11. The molecule has 1 atom stereocenters. The Balaban J connectivity index is 2.20. The molecule has 1 aliphatic heterocycles. The minimum atomic E-state index is 0.0587. The van der Waals surface area contributed by atoms with Crippen LogP contribution in [0.15, 0.2) is 28.7 Å². The van der Waals surface area contributed by atoms with E-state index in [2.05, 4.69) is 21.2 Å². The Morgan fingerprint density at radius 3 is 2.94 bits per heavy atom. The van der Waals surface area contributed by atoms with Crippen LogP contribution in [-0.2, 0) is 0 Å². The van der Waals surface area contributed by atoms with Gasteiger partial charge in [-0.2, -0.15) is 0 Å². The summed E-state index contributed by atoms with van der Waals surface area (Å²) in [6, 6.07) is 8.11. The lowest BCUT2D eigenvalue weighted by Crippen LogP contribution is -2.37. The summed E-state index contributed by atoms with van der Waals surface area (Å²) in [5.74, 6) is 0. The van der Waals surface area contributed by atoms with Gasteiger partial charge >= 0.3 is 6.03 Å². The van der Waals surface area contributed by atoms with Crippen LogP contribution >= 0.6 is 15.9 Å². The number of urea groups is 1. The lowest BCUT2D eigenvalue weighted by Gasteiger charge is -2.16. The molecule has 1 N–H and O–H groups in total. The van der Waals surface area contributed by atoms with Crippen LogP contribution in [0.4, 0.5) is 10.5 Å². The second-order valence-corrected chi connectivity index (χ2v) is 5.11. The molecule has 1 saturated heterocycles. The summed E-state index contributed by atoms with van der Waals surface area (Å²) in [6.07, 6.45) is 0. The summed E-state index contributed by atoms with van der Waals surface area (Å²) < 4.78 is 0.988. The summed E-state index contributed by atoms with van der Waals surface area (Å²) >= 11 is 3.43. The van der Waals surface area contributed by atoms with E-state index in [-0.39, 0.29) is 12.1 Å². The van der Waals surface area contributed by atoms with Crippen molar-refractivity contribution >= 4 is 27.6 Å². The van der Waals surface area contributed by atoms with Gasteiger partial charge in [-0.15, -0.1) is 0 Å². The van der Waals surface area contributed by atoms with Crippen molar-refractivity contribution in [3.05, 3.63) is 28.7 Å². The predicted octanol–water partition coefficient (Wildman–Crippen LogP) is 1.91. The molecule has 0 aromatic heterocycles. The van der Waals surface area contributed by atoms with Gasteiger partial charge in [-0.3, -0.25) is 4.90 Å². The molecule has 1 aliphatic rings. The number of nitrogens with one attached hydrogen (secondary N) is 1. The van der Waals surface area contributed by atoms with Gasteiger partial charge < -0.3 is 10.2 Å². The Labute approximate surface area is 110 Å². The molecule has 1 heterocycles. The van der Waals surface area contributed by atoms with E-state index in [1.807, 2.05) is 43.3 Å². The highest BCUT2D eigenvalue weighted by Gasteiger charge is 2.34. The SMILES string of the molecule is CNCC1CN(c2cccc(Br)c2)C(=O)N1C. The maximum absolute atomic E-state index is 12.1. The smallest absolute Gasteiger partial charge is 0.321 e. The van der Waals surface area contributed by atoms with Crippen LogP contribution in [0.1, 0.15) is 0 Å². The van der Waals surface area contributed by atoms with Crippen molar-refractivity contribution in [2.45, 2.75) is 6.04 Å². The number of carbonyl (C=O) groups excluding carboxylic acids is 1. The van der Waals surface area contributed by atoms with E-state index in [9.17, 15) is 4.79 Å². The van der Waals surface area contributed by atoms with Crippen LogP contribution < -0.4 is 10.2 Å². The minimum Gasteiger partial charge on any atom is -0.321 e. The van der Waals surface area contributed by atoms with Gasteiger partial charge in [0.2, 0.25) is 0 Å². The minimum absolute atomic E-state index is 0.0587. The monoisotopic (exact) mass is 297 g/mol. The van der Waals surface area contributed by atoms with E-state index < -0.39 is 0 Å². The Bertz CT molecular complexity index is 424. The summed E-state index contributed by atoms with van der Waals surface area (Å²) in [4.78, 5) is 15.7. The molecule has 1 unspecified atom stereocenters. The molecule has 1 aromatic carbocycles. The number of hydrogen-bond acceptors (Lipinski definition) is 2. The molecule has 0 radical (unpaired) electrons. The maximum atomic E-state index is 12.1. The number of benzene rings is 1. The van der Waals surface area contributed by atoms with Crippen LogP contribution in [0, 0.1) is 0 Å². The van der Waals surface area contributed by atoms with Gasteiger partial charge in [0.25, 0.3) is 0 Å². The number of hydrogen-bond donors (Lipinski definition) is 1. The second kappa shape index (κ2) is 5.06. The number of amides is 2. The zero-order chi connectivity index (χ0) is 12.4. The Morgan fingerprint density at radius 1 is 1.53 bits per heavy atom. The molecule has 0 spiro atoms.